The highest BCUT2D eigenvalue weighted by molar-refractivity contribution is 5.52. The smallest absolute Gasteiger partial charge is 0.125 e. The second-order valence-electron chi connectivity index (χ2n) is 4.22. The highest BCUT2D eigenvalue weighted by Crippen LogP contribution is 2.22. The van der Waals surface area contributed by atoms with E-state index in [1.165, 1.54) is 12.1 Å². The molecule has 0 fully saturated rings. The second-order valence-corrected chi connectivity index (χ2v) is 4.22. The Morgan fingerprint density at radius 3 is 2.67 bits per heavy atom. The lowest BCUT2D eigenvalue weighted by atomic mass is 9.96. The van der Waals surface area contributed by atoms with Gasteiger partial charge in [0.25, 0.3) is 0 Å². The molecule has 0 aliphatic heterocycles. The highest BCUT2D eigenvalue weighted by atomic mass is 19.1. The zero-order chi connectivity index (χ0) is 13.1. The molecule has 0 aliphatic carbocycles. The van der Waals surface area contributed by atoms with Gasteiger partial charge in [0, 0.05) is 5.69 Å². The number of nitrogens with zero attached hydrogens (tertiary/aromatic N) is 1. The largest absolute Gasteiger partial charge is 0.398 e. The third-order valence-corrected chi connectivity index (χ3v) is 3.04. The number of nitrogens with two attached hydrogens (primary N) is 1. The average Bonchev–Trinajstić information content (AvgIpc) is 2.36. The van der Waals surface area contributed by atoms with Crippen molar-refractivity contribution in [3.63, 3.8) is 0 Å². The number of hydrogen-bond donors (Lipinski definition) is 1. The van der Waals surface area contributed by atoms with Crippen LogP contribution in [0.4, 0.5) is 10.1 Å². The molecular formula is C15H13FN2. The van der Waals surface area contributed by atoms with Crippen LogP contribution in [-0.4, -0.2) is 0 Å². The molecule has 18 heavy (non-hydrogen) atoms. The summed E-state index contributed by atoms with van der Waals surface area (Å²) in [6, 6.07) is 12.2. The minimum absolute atomic E-state index is 0.345. The number of nitriles is 1. The molecule has 0 saturated heterocycles. The Bertz CT molecular complexity index is 627. The molecule has 0 aliphatic rings. The van der Waals surface area contributed by atoms with Crippen molar-refractivity contribution in [3.8, 4) is 6.07 Å². The van der Waals surface area contributed by atoms with E-state index in [0.29, 0.717) is 17.7 Å². The number of anilines is 1. The Morgan fingerprint density at radius 2 is 1.94 bits per heavy atom. The van der Waals surface area contributed by atoms with E-state index < -0.39 is 0 Å². The number of hydrogen-bond acceptors (Lipinski definition) is 2. The van der Waals surface area contributed by atoms with Crippen molar-refractivity contribution in [2.45, 2.75) is 13.3 Å². The van der Waals surface area contributed by atoms with Crippen LogP contribution in [0.15, 0.2) is 36.4 Å². The first-order valence-corrected chi connectivity index (χ1v) is 5.64. The van der Waals surface area contributed by atoms with E-state index in [1.54, 1.807) is 6.07 Å². The molecule has 0 heterocycles. The third kappa shape index (κ3) is 2.33. The van der Waals surface area contributed by atoms with Gasteiger partial charge in [0.2, 0.25) is 0 Å². The maximum Gasteiger partial charge on any atom is 0.125 e. The summed E-state index contributed by atoms with van der Waals surface area (Å²) in [7, 11) is 0. The van der Waals surface area contributed by atoms with E-state index in [-0.39, 0.29) is 5.82 Å². The predicted molar refractivity (Wildman–Crippen MR) is 69.5 cm³/mol. The topological polar surface area (TPSA) is 49.8 Å². The Morgan fingerprint density at radius 1 is 1.22 bits per heavy atom. The summed E-state index contributed by atoms with van der Waals surface area (Å²) in [5.41, 5.74) is 9.36. The average molecular weight is 240 g/mol. The van der Waals surface area contributed by atoms with E-state index >= 15 is 0 Å². The van der Waals surface area contributed by atoms with Gasteiger partial charge in [-0.25, -0.2) is 4.39 Å². The van der Waals surface area contributed by atoms with Crippen molar-refractivity contribution >= 4 is 5.69 Å². The van der Waals surface area contributed by atoms with Crippen LogP contribution in [0.5, 0.6) is 0 Å². The molecule has 90 valence electrons. The Balaban J connectivity index is 2.44. The van der Waals surface area contributed by atoms with Gasteiger partial charge in [0.05, 0.1) is 11.6 Å². The summed E-state index contributed by atoms with van der Waals surface area (Å²) in [4.78, 5) is 0. The molecule has 2 rings (SSSR count). The fourth-order valence-corrected chi connectivity index (χ4v) is 1.93. The molecule has 0 saturated carbocycles. The number of benzene rings is 2. The van der Waals surface area contributed by atoms with Gasteiger partial charge in [-0.15, -0.1) is 0 Å². The molecule has 3 heteroatoms. The van der Waals surface area contributed by atoms with E-state index in [0.717, 1.165) is 16.7 Å². The van der Waals surface area contributed by atoms with E-state index in [4.69, 9.17) is 11.0 Å². The van der Waals surface area contributed by atoms with Crippen LogP contribution >= 0.6 is 0 Å². The first-order valence-electron chi connectivity index (χ1n) is 5.64. The van der Waals surface area contributed by atoms with Crippen LogP contribution in [0.25, 0.3) is 0 Å². The first kappa shape index (κ1) is 12.1. The monoisotopic (exact) mass is 240 g/mol. The van der Waals surface area contributed by atoms with Crippen molar-refractivity contribution in [1.82, 2.24) is 0 Å². The normalized spacial score (nSPS) is 10.1. The lowest BCUT2D eigenvalue weighted by Crippen LogP contribution is -2.00. The van der Waals surface area contributed by atoms with Gasteiger partial charge in [0.15, 0.2) is 0 Å². The zero-order valence-electron chi connectivity index (χ0n) is 10.1. The zero-order valence-corrected chi connectivity index (χ0v) is 10.1. The van der Waals surface area contributed by atoms with Crippen LogP contribution < -0.4 is 5.73 Å². The fraction of sp³-hybridized carbons (Fsp3) is 0.133. The van der Waals surface area contributed by atoms with Crippen molar-refractivity contribution in [2.24, 2.45) is 0 Å². The molecule has 0 radical (unpaired) electrons. The molecule has 0 bridgehead atoms. The van der Waals surface area contributed by atoms with Crippen LogP contribution in [-0.2, 0) is 6.42 Å². The van der Waals surface area contributed by atoms with E-state index in [1.807, 2.05) is 25.1 Å². The van der Waals surface area contributed by atoms with Crippen LogP contribution in [0.1, 0.15) is 22.3 Å². The van der Waals surface area contributed by atoms with Crippen LogP contribution in [0.2, 0.25) is 0 Å². The molecule has 0 unspecified atom stereocenters. The quantitative estimate of drug-likeness (QED) is 0.819. The summed E-state index contributed by atoms with van der Waals surface area (Å²) < 4.78 is 13.3. The lowest BCUT2D eigenvalue weighted by molar-refractivity contribution is 0.626. The van der Waals surface area contributed by atoms with E-state index in [9.17, 15) is 4.39 Å². The van der Waals surface area contributed by atoms with Gasteiger partial charge in [0.1, 0.15) is 5.82 Å². The molecule has 0 spiro atoms. The minimum atomic E-state index is -0.345. The van der Waals surface area contributed by atoms with E-state index in [2.05, 4.69) is 6.07 Å². The Hall–Kier alpha value is -2.34. The maximum atomic E-state index is 13.3. The molecule has 0 aromatic heterocycles. The first-order chi connectivity index (χ1) is 8.61. The second kappa shape index (κ2) is 4.89. The molecule has 2 N–H and O–H groups in total. The molecule has 2 aromatic carbocycles. The standard InChI is InChI=1S/C15H13FN2/c1-10-13(7-14(16)8-15(10)18)6-11-4-2-3-5-12(11)9-17/h2-5,7-8H,6,18H2,1H3. The lowest BCUT2D eigenvalue weighted by Gasteiger charge is -2.10. The fourth-order valence-electron chi connectivity index (χ4n) is 1.93. The molecule has 2 nitrogen and oxygen atoms in total. The molecule has 0 atom stereocenters. The third-order valence-electron chi connectivity index (χ3n) is 3.04. The van der Waals surface area contributed by atoms with Gasteiger partial charge in [-0.3, -0.25) is 0 Å². The molecule has 0 amide bonds. The summed E-state index contributed by atoms with van der Waals surface area (Å²) in [6.07, 6.45) is 0.511. The number of rotatable bonds is 2. The van der Waals surface area contributed by atoms with Crippen LogP contribution in [0.3, 0.4) is 0 Å². The van der Waals surface area contributed by atoms with Crippen molar-refractivity contribution in [1.29, 1.82) is 5.26 Å². The van der Waals surface area contributed by atoms with Crippen molar-refractivity contribution in [2.75, 3.05) is 5.73 Å². The van der Waals surface area contributed by atoms with Crippen molar-refractivity contribution in [3.05, 3.63) is 64.5 Å². The number of nitrogen functional groups attached to an aromatic ring is 1. The maximum absolute atomic E-state index is 13.3. The van der Waals surface area contributed by atoms with Gasteiger partial charge in [-0.2, -0.15) is 5.26 Å². The summed E-state index contributed by atoms with van der Waals surface area (Å²) in [5.74, 6) is -0.345. The minimum Gasteiger partial charge on any atom is -0.398 e. The Labute approximate surface area is 105 Å². The summed E-state index contributed by atoms with van der Waals surface area (Å²) >= 11 is 0. The Kier molecular flexibility index (Phi) is 3.29. The summed E-state index contributed by atoms with van der Waals surface area (Å²) in [5, 5.41) is 9.03. The van der Waals surface area contributed by atoms with Crippen LogP contribution in [0, 0.1) is 24.1 Å². The highest BCUT2D eigenvalue weighted by Gasteiger charge is 2.08. The van der Waals surface area contributed by atoms with Gasteiger partial charge >= 0.3 is 0 Å². The molecular weight excluding hydrogens is 227 g/mol. The SMILES string of the molecule is Cc1c(N)cc(F)cc1Cc1ccccc1C#N. The van der Waals surface area contributed by atoms with Gasteiger partial charge in [-0.1, -0.05) is 18.2 Å². The molecule has 2 aromatic rings. The van der Waals surface area contributed by atoms with Gasteiger partial charge in [-0.05, 0) is 48.2 Å². The summed E-state index contributed by atoms with van der Waals surface area (Å²) in [6.45, 7) is 1.86. The predicted octanol–water partition coefficient (Wildman–Crippen LogP) is 3.18. The van der Waals surface area contributed by atoms with Crippen molar-refractivity contribution < 1.29 is 4.39 Å². The number of halogens is 1. The van der Waals surface area contributed by atoms with Gasteiger partial charge < -0.3 is 5.73 Å².